The average Bonchev–Trinajstić information content (AvgIpc) is 3.36. The van der Waals surface area contributed by atoms with E-state index in [0.717, 1.165) is 43.5 Å². The number of fused-ring (bicyclic) bond motifs is 1. The molecule has 2 saturated carbocycles. The van der Waals surface area contributed by atoms with E-state index in [4.69, 9.17) is 9.47 Å². The van der Waals surface area contributed by atoms with Crippen molar-refractivity contribution in [1.82, 2.24) is 9.78 Å². The van der Waals surface area contributed by atoms with Crippen LogP contribution in [0.15, 0.2) is 40.3 Å². The van der Waals surface area contributed by atoms with E-state index < -0.39 is 0 Å². The van der Waals surface area contributed by atoms with Crippen molar-refractivity contribution in [3.05, 3.63) is 36.0 Å². The molecule has 1 atom stereocenters. The second kappa shape index (κ2) is 7.98. The quantitative estimate of drug-likeness (QED) is 0.772. The molecular weight excluding hydrogens is 398 g/mol. The number of aromatic nitrogens is 2. The second-order valence-corrected chi connectivity index (χ2v) is 7.93. The average molecular weight is 421 g/mol. The molecule has 5 rings (SSSR count). The third-order valence-electron chi connectivity index (χ3n) is 5.69. The molecule has 0 bridgehead atoms. The first-order valence-corrected chi connectivity index (χ1v) is 10.5. The zero-order valence-electron chi connectivity index (χ0n) is 17.2. The van der Waals surface area contributed by atoms with Crippen LogP contribution >= 0.6 is 0 Å². The number of hydrogen-bond acceptors (Lipinski definition) is 6. The molecule has 0 spiro atoms. The number of amides is 2. The summed E-state index contributed by atoms with van der Waals surface area (Å²) in [6.07, 6.45) is 4.65. The van der Waals surface area contributed by atoms with Crippen molar-refractivity contribution in [2.75, 3.05) is 19.0 Å². The van der Waals surface area contributed by atoms with Crippen molar-refractivity contribution in [2.45, 2.75) is 38.0 Å². The van der Waals surface area contributed by atoms with E-state index >= 15 is 0 Å². The zero-order chi connectivity index (χ0) is 21.4. The molecule has 1 aliphatic heterocycles. The van der Waals surface area contributed by atoms with Crippen LogP contribution < -0.4 is 14.8 Å². The van der Waals surface area contributed by atoms with Crippen molar-refractivity contribution in [2.24, 2.45) is 15.9 Å². The zero-order valence-corrected chi connectivity index (χ0v) is 17.2. The lowest BCUT2D eigenvalue weighted by molar-refractivity contribution is -0.120. The fourth-order valence-corrected chi connectivity index (χ4v) is 3.93. The first-order chi connectivity index (χ1) is 15.1. The fraction of sp³-hybridized carbons (Fsp3) is 0.409. The lowest BCUT2D eigenvalue weighted by Crippen LogP contribution is -2.29. The van der Waals surface area contributed by atoms with Gasteiger partial charge in [-0.05, 0) is 44.2 Å². The summed E-state index contributed by atoms with van der Waals surface area (Å²) in [7, 11) is 1.54. The first kappa shape index (κ1) is 19.5. The van der Waals surface area contributed by atoms with Gasteiger partial charge in [0.1, 0.15) is 5.82 Å². The molecule has 2 heterocycles. The summed E-state index contributed by atoms with van der Waals surface area (Å²) < 4.78 is 12.3. The molecule has 3 aliphatic rings. The Morgan fingerprint density at radius 2 is 2.00 bits per heavy atom. The van der Waals surface area contributed by atoms with E-state index in [1.165, 1.54) is 4.68 Å². The predicted octanol–water partition coefficient (Wildman–Crippen LogP) is 2.77. The van der Waals surface area contributed by atoms with E-state index in [0.29, 0.717) is 23.2 Å². The summed E-state index contributed by atoms with van der Waals surface area (Å²) in [5, 5.41) is 7.42. The number of nitrogens with zero attached hydrogens (tertiary/aromatic N) is 4. The lowest BCUT2D eigenvalue weighted by atomic mass is 10.1. The number of carbonyl (C=O) groups is 2. The molecule has 0 radical (unpaired) electrons. The minimum Gasteiger partial charge on any atom is -0.493 e. The van der Waals surface area contributed by atoms with Gasteiger partial charge in [-0.15, -0.1) is 0 Å². The van der Waals surface area contributed by atoms with Crippen LogP contribution in [0, 0.1) is 5.92 Å². The Morgan fingerprint density at radius 1 is 1.19 bits per heavy atom. The molecule has 1 unspecified atom stereocenters. The summed E-state index contributed by atoms with van der Waals surface area (Å²) in [5.74, 6) is 1.31. The van der Waals surface area contributed by atoms with Gasteiger partial charge in [0.25, 0.3) is 17.8 Å². The van der Waals surface area contributed by atoms with Crippen LogP contribution in [0.3, 0.4) is 0 Å². The number of ether oxygens (including phenoxy) is 2. The first-order valence-electron chi connectivity index (χ1n) is 10.5. The van der Waals surface area contributed by atoms with Gasteiger partial charge in [0.15, 0.2) is 18.1 Å². The minimum atomic E-state index is -0.358. The highest BCUT2D eigenvalue weighted by Crippen LogP contribution is 2.40. The molecular formula is C22H23N5O4. The molecule has 2 fully saturated rings. The Hall–Kier alpha value is -3.49. The molecule has 2 aromatic rings. The maximum Gasteiger partial charge on any atom is 0.263 e. The van der Waals surface area contributed by atoms with E-state index in [-0.39, 0.29) is 30.3 Å². The van der Waals surface area contributed by atoms with Crippen LogP contribution in [0.4, 0.5) is 5.82 Å². The van der Waals surface area contributed by atoms with Crippen molar-refractivity contribution < 1.29 is 19.1 Å². The highest BCUT2D eigenvalue weighted by molar-refractivity contribution is 6.17. The van der Waals surface area contributed by atoms with E-state index in [2.05, 4.69) is 20.4 Å². The topological polar surface area (TPSA) is 107 Å². The summed E-state index contributed by atoms with van der Waals surface area (Å²) in [6, 6.07) is 8.95. The Kier molecular flexibility index (Phi) is 5.01. The molecule has 1 aromatic heterocycles. The van der Waals surface area contributed by atoms with Gasteiger partial charge in [0.05, 0.1) is 18.7 Å². The number of hydrogen-bond donors (Lipinski definition) is 1. The summed E-state index contributed by atoms with van der Waals surface area (Å²) in [4.78, 5) is 33.8. The highest BCUT2D eigenvalue weighted by atomic mass is 16.5. The Morgan fingerprint density at radius 3 is 2.77 bits per heavy atom. The largest absolute Gasteiger partial charge is 0.493 e. The van der Waals surface area contributed by atoms with Crippen LogP contribution in [0.2, 0.25) is 0 Å². The number of rotatable bonds is 6. The Bertz CT molecular complexity index is 1100. The van der Waals surface area contributed by atoms with Crippen LogP contribution in [0.5, 0.6) is 11.5 Å². The van der Waals surface area contributed by atoms with Gasteiger partial charge in [-0.2, -0.15) is 14.8 Å². The number of para-hydroxylation sites is 2. The third kappa shape index (κ3) is 3.95. The Balaban J connectivity index is 1.35. The van der Waals surface area contributed by atoms with Crippen LogP contribution in [0.25, 0.3) is 0 Å². The number of methoxy groups -OCH3 is 1. The van der Waals surface area contributed by atoms with Crippen LogP contribution in [0.1, 0.15) is 43.7 Å². The number of carbonyl (C=O) groups excluding carboxylic acids is 2. The molecule has 2 amide bonds. The second-order valence-electron chi connectivity index (χ2n) is 7.93. The maximum atomic E-state index is 12.6. The molecule has 0 saturated heterocycles. The van der Waals surface area contributed by atoms with Gasteiger partial charge in [-0.25, -0.2) is 4.99 Å². The molecule has 9 heteroatoms. The number of benzene rings is 1. The van der Waals surface area contributed by atoms with E-state index in [1.54, 1.807) is 25.3 Å². The summed E-state index contributed by atoms with van der Waals surface area (Å²) in [6.45, 7) is -0.202. The number of nitrogens with one attached hydrogen (secondary N) is 1. The Labute approximate surface area is 179 Å². The normalized spacial score (nSPS) is 20.0. The van der Waals surface area contributed by atoms with Crippen molar-refractivity contribution in [1.29, 1.82) is 0 Å². The SMILES string of the molecule is COc1ccccc1OCC(=O)Nc1cc(C2CC2)nn1C1=NC(=O)C2CCCC2=N1. The third-order valence-corrected chi connectivity index (χ3v) is 5.69. The predicted molar refractivity (Wildman–Crippen MR) is 114 cm³/mol. The van der Waals surface area contributed by atoms with Crippen molar-refractivity contribution >= 4 is 29.3 Å². The minimum absolute atomic E-state index is 0.183. The van der Waals surface area contributed by atoms with Crippen molar-refractivity contribution in [3.8, 4) is 11.5 Å². The molecule has 2 aliphatic carbocycles. The van der Waals surface area contributed by atoms with Crippen LogP contribution in [-0.2, 0) is 9.59 Å². The standard InChI is InChI=1S/C22H23N5O4/c1-30-17-7-2-3-8-18(17)31-12-20(28)24-19-11-16(13-9-10-13)26-27(19)22-23-15-6-4-5-14(15)21(29)25-22/h2-3,7-8,11,13-14H,4-6,9-10,12H2,1H3,(H,24,28). The lowest BCUT2D eigenvalue weighted by Gasteiger charge is -2.15. The highest BCUT2D eigenvalue weighted by Gasteiger charge is 2.35. The van der Waals surface area contributed by atoms with Gasteiger partial charge in [-0.3, -0.25) is 9.59 Å². The molecule has 160 valence electrons. The number of anilines is 1. The molecule has 1 aromatic carbocycles. The smallest absolute Gasteiger partial charge is 0.263 e. The molecule has 1 N–H and O–H groups in total. The van der Waals surface area contributed by atoms with Gasteiger partial charge in [0.2, 0.25) is 0 Å². The molecule has 31 heavy (non-hydrogen) atoms. The van der Waals surface area contributed by atoms with Gasteiger partial charge in [-0.1, -0.05) is 12.1 Å². The molecule has 9 nitrogen and oxygen atoms in total. The van der Waals surface area contributed by atoms with Crippen LogP contribution in [-0.4, -0.2) is 47.0 Å². The number of aliphatic imine (C=N–C) groups is 2. The van der Waals surface area contributed by atoms with E-state index in [1.807, 2.05) is 12.1 Å². The monoisotopic (exact) mass is 421 g/mol. The fourth-order valence-electron chi connectivity index (χ4n) is 3.93. The van der Waals surface area contributed by atoms with Gasteiger partial charge >= 0.3 is 0 Å². The maximum absolute atomic E-state index is 12.6. The van der Waals surface area contributed by atoms with Gasteiger partial charge in [0, 0.05) is 17.7 Å². The summed E-state index contributed by atoms with van der Waals surface area (Å²) in [5.41, 5.74) is 1.72. The summed E-state index contributed by atoms with van der Waals surface area (Å²) >= 11 is 0. The van der Waals surface area contributed by atoms with E-state index in [9.17, 15) is 9.59 Å². The van der Waals surface area contributed by atoms with Gasteiger partial charge < -0.3 is 14.8 Å². The van der Waals surface area contributed by atoms with Crippen molar-refractivity contribution in [3.63, 3.8) is 0 Å².